The van der Waals surface area contributed by atoms with Gasteiger partial charge in [-0.05, 0) is 41.3 Å². The molecule has 3 amide bonds. The van der Waals surface area contributed by atoms with Gasteiger partial charge in [-0.25, -0.2) is 0 Å². The molecule has 0 spiro atoms. The van der Waals surface area contributed by atoms with Crippen molar-refractivity contribution >= 4 is 34.2 Å². The van der Waals surface area contributed by atoms with Crippen molar-refractivity contribution in [3.8, 4) is 0 Å². The van der Waals surface area contributed by atoms with Gasteiger partial charge >= 0.3 is 0 Å². The molecule has 0 unspecified atom stereocenters. The number of fused-ring (bicyclic) bond motifs is 2. The van der Waals surface area contributed by atoms with Gasteiger partial charge in [-0.15, -0.1) is 0 Å². The fraction of sp³-hybridized carbons (Fsp3) is 0.214. The molecule has 0 atom stereocenters. The highest BCUT2D eigenvalue weighted by Crippen LogP contribution is 2.23. The quantitative estimate of drug-likeness (QED) is 0.281. The molecule has 1 aliphatic heterocycles. The zero-order valence-electron chi connectivity index (χ0n) is 19.3. The smallest absolute Gasteiger partial charge is 0.261 e. The molecule has 0 bridgehead atoms. The summed E-state index contributed by atoms with van der Waals surface area (Å²) in [7, 11) is 0. The number of imide groups is 1. The highest BCUT2D eigenvalue weighted by atomic mass is 16.2. The topological polar surface area (TPSA) is 84.3 Å². The second-order valence-electron chi connectivity index (χ2n) is 8.73. The second kappa shape index (κ2) is 9.93. The van der Waals surface area contributed by atoms with Crippen molar-refractivity contribution in [3.63, 3.8) is 0 Å². The molecule has 0 fully saturated rings. The van der Waals surface area contributed by atoms with E-state index in [9.17, 15) is 14.4 Å². The third kappa shape index (κ3) is 4.84. The third-order valence-corrected chi connectivity index (χ3v) is 6.29. The van der Waals surface area contributed by atoms with Crippen molar-refractivity contribution in [2.24, 2.45) is 0 Å². The first kappa shape index (κ1) is 22.5. The number of amides is 3. The summed E-state index contributed by atoms with van der Waals surface area (Å²) in [5, 5.41) is 9.67. The lowest BCUT2D eigenvalue weighted by Gasteiger charge is -2.13. The maximum Gasteiger partial charge on any atom is 0.261 e. The Kier molecular flexibility index (Phi) is 6.39. The van der Waals surface area contributed by atoms with Crippen molar-refractivity contribution in [1.82, 2.24) is 14.7 Å². The highest BCUT2D eigenvalue weighted by molar-refractivity contribution is 6.21. The monoisotopic (exact) mass is 466 g/mol. The molecule has 5 rings (SSSR count). The molecule has 0 saturated heterocycles. The maximum absolute atomic E-state index is 12.4. The van der Waals surface area contributed by atoms with Crippen LogP contribution in [0.15, 0.2) is 79.1 Å². The van der Waals surface area contributed by atoms with E-state index in [1.165, 1.54) is 21.2 Å². The molecule has 1 aromatic heterocycles. The summed E-state index contributed by atoms with van der Waals surface area (Å²) in [5.74, 6) is -0.539. The molecule has 2 heterocycles. The first-order valence-electron chi connectivity index (χ1n) is 11.8. The molecular weight excluding hydrogens is 440 g/mol. The highest BCUT2D eigenvalue weighted by Gasteiger charge is 2.34. The predicted octanol–water partition coefficient (Wildman–Crippen LogP) is 4.88. The van der Waals surface area contributed by atoms with Crippen LogP contribution in [0, 0.1) is 0 Å². The normalized spacial score (nSPS) is 12.9. The van der Waals surface area contributed by atoms with Crippen LogP contribution < -0.4 is 5.32 Å². The van der Waals surface area contributed by atoms with E-state index in [1.54, 1.807) is 30.5 Å². The number of carbonyl (C=O) groups is 3. The van der Waals surface area contributed by atoms with Gasteiger partial charge in [0.1, 0.15) is 0 Å². The molecule has 35 heavy (non-hydrogen) atoms. The molecular formula is C28H26N4O3. The average molecular weight is 467 g/mol. The van der Waals surface area contributed by atoms with Gasteiger partial charge in [0, 0.05) is 19.2 Å². The molecule has 1 N–H and O–H groups in total. The molecule has 1 aliphatic rings. The van der Waals surface area contributed by atoms with Gasteiger partial charge in [-0.1, -0.05) is 61.0 Å². The maximum atomic E-state index is 12.4. The molecule has 7 nitrogen and oxygen atoms in total. The Morgan fingerprint density at radius 2 is 1.54 bits per heavy atom. The summed E-state index contributed by atoms with van der Waals surface area (Å²) in [5.41, 5.74) is 2.78. The van der Waals surface area contributed by atoms with Crippen LogP contribution in [-0.2, 0) is 11.3 Å². The van der Waals surface area contributed by atoms with Crippen LogP contribution in [-0.4, -0.2) is 38.9 Å². The molecule has 0 saturated carbocycles. The summed E-state index contributed by atoms with van der Waals surface area (Å²) in [6, 6.07) is 21.4. The first-order chi connectivity index (χ1) is 17.1. The lowest BCUT2D eigenvalue weighted by atomic mass is 10.0. The largest absolute Gasteiger partial charge is 0.323 e. The Labute approximate surface area is 203 Å². The zero-order valence-corrected chi connectivity index (χ0v) is 19.3. The van der Waals surface area contributed by atoms with E-state index in [0.29, 0.717) is 49.2 Å². The number of unbranched alkanes of at least 4 members (excludes halogenated alkanes) is 2. The Hall–Kier alpha value is -4.26. The lowest BCUT2D eigenvalue weighted by Crippen LogP contribution is -2.30. The van der Waals surface area contributed by atoms with Gasteiger partial charge in [0.05, 0.1) is 29.6 Å². The van der Waals surface area contributed by atoms with Crippen LogP contribution in [0.4, 0.5) is 5.69 Å². The van der Waals surface area contributed by atoms with E-state index < -0.39 is 0 Å². The van der Waals surface area contributed by atoms with Crippen LogP contribution in [0.3, 0.4) is 0 Å². The Morgan fingerprint density at radius 1 is 0.829 bits per heavy atom. The third-order valence-electron chi connectivity index (χ3n) is 6.29. The number of hydrogen-bond donors (Lipinski definition) is 1. The van der Waals surface area contributed by atoms with Crippen LogP contribution in [0.2, 0.25) is 0 Å². The van der Waals surface area contributed by atoms with Gasteiger partial charge < -0.3 is 5.32 Å². The van der Waals surface area contributed by atoms with E-state index >= 15 is 0 Å². The molecule has 7 heteroatoms. The molecule has 0 aliphatic carbocycles. The van der Waals surface area contributed by atoms with Crippen molar-refractivity contribution < 1.29 is 14.4 Å². The Bertz CT molecular complexity index is 1370. The number of aromatic nitrogens is 2. The van der Waals surface area contributed by atoms with Gasteiger partial charge in [-0.2, -0.15) is 5.10 Å². The van der Waals surface area contributed by atoms with E-state index in [4.69, 9.17) is 0 Å². The minimum Gasteiger partial charge on any atom is -0.323 e. The lowest BCUT2D eigenvalue weighted by molar-refractivity contribution is -0.116. The van der Waals surface area contributed by atoms with Gasteiger partial charge in [0.25, 0.3) is 11.8 Å². The summed E-state index contributed by atoms with van der Waals surface area (Å²) in [4.78, 5) is 38.5. The number of benzene rings is 3. The van der Waals surface area contributed by atoms with Crippen LogP contribution in [0.1, 0.15) is 52.0 Å². The zero-order chi connectivity index (χ0) is 24.2. The van der Waals surface area contributed by atoms with E-state index in [1.807, 2.05) is 29.1 Å². The number of anilines is 1. The van der Waals surface area contributed by atoms with Crippen molar-refractivity contribution in [3.05, 3.63) is 95.8 Å². The molecule has 3 aromatic carbocycles. The molecule has 176 valence electrons. The van der Waals surface area contributed by atoms with E-state index in [2.05, 4.69) is 34.7 Å². The van der Waals surface area contributed by atoms with Crippen LogP contribution in [0.5, 0.6) is 0 Å². The second-order valence-corrected chi connectivity index (χ2v) is 8.73. The number of nitrogens with zero attached hydrogens (tertiary/aromatic N) is 3. The van der Waals surface area contributed by atoms with Crippen molar-refractivity contribution in [2.45, 2.75) is 32.2 Å². The fourth-order valence-electron chi connectivity index (χ4n) is 4.52. The number of carbonyl (C=O) groups excluding carboxylic acids is 3. The fourth-order valence-corrected chi connectivity index (χ4v) is 4.52. The number of hydrogen-bond acceptors (Lipinski definition) is 4. The van der Waals surface area contributed by atoms with Gasteiger partial charge in [-0.3, -0.25) is 24.0 Å². The summed E-state index contributed by atoms with van der Waals surface area (Å²) >= 11 is 0. The average Bonchev–Trinajstić information content (AvgIpc) is 3.41. The van der Waals surface area contributed by atoms with Gasteiger partial charge in [0.2, 0.25) is 5.91 Å². The van der Waals surface area contributed by atoms with Crippen LogP contribution >= 0.6 is 0 Å². The standard InChI is InChI=1S/C28H26N4O3/c33-26(15-2-1-7-16-32-27(34)24-13-5-6-14-25(24)28(32)35)30-22-17-29-31(19-22)18-21-11-8-10-20-9-3-4-12-23(20)21/h3-6,8-14,17,19H,1-2,7,15-16,18H2,(H,30,33). The minimum atomic E-state index is -0.233. The Morgan fingerprint density at radius 3 is 2.34 bits per heavy atom. The van der Waals surface area contributed by atoms with Crippen LogP contribution in [0.25, 0.3) is 10.8 Å². The number of rotatable bonds is 9. The Balaban J connectivity index is 1.06. The molecule has 0 radical (unpaired) electrons. The van der Waals surface area contributed by atoms with Gasteiger partial charge in [0.15, 0.2) is 0 Å². The first-order valence-corrected chi connectivity index (χ1v) is 11.8. The SMILES string of the molecule is O=C(CCCCCN1C(=O)c2ccccc2C1=O)Nc1cnn(Cc2cccc3ccccc23)c1. The predicted molar refractivity (Wildman–Crippen MR) is 134 cm³/mol. The summed E-state index contributed by atoms with van der Waals surface area (Å²) in [6.45, 7) is 0.990. The van der Waals surface area contributed by atoms with E-state index in [-0.39, 0.29) is 17.7 Å². The minimum absolute atomic E-state index is 0.0737. The summed E-state index contributed by atoms with van der Waals surface area (Å²) < 4.78 is 1.82. The summed E-state index contributed by atoms with van der Waals surface area (Å²) in [6.07, 6.45) is 5.96. The molecule has 4 aromatic rings. The number of nitrogens with one attached hydrogen (secondary N) is 1. The van der Waals surface area contributed by atoms with Crippen molar-refractivity contribution in [1.29, 1.82) is 0 Å². The van der Waals surface area contributed by atoms with E-state index in [0.717, 1.165) is 6.42 Å². The van der Waals surface area contributed by atoms with Crippen molar-refractivity contribution in [2.75, 3.05) is 11.9 Å².